The van der Waals surface area contributed by atoms with Gasteiger partial charge in [0.2, 0.25) is 0 Å². The monoisotopic (exact) mass is 402 g/mol. The number of nitrogens with zero attached hydrogens (tertiary/aromatic N) is 2. The molecule has 0 amide bonds. The quantitative estimate of drug-likeness (QED) is 0.272. The number of hydrogen-bond acceptors (Lipinski definition) is 4. The Bertz CT molecular complexity index is 1030. The van der Waals surface area contributed by atoms with Crippen molar-refractivity contribution < 1.29 is 0 Å². The number of benzene rings is 2. The maximum atomic E-state index is 6.27. The molecular formula is C19H12Cl2N2S2. The van der Waals surface area contributed by atoms with Crippen LogP contribution in [0.25, 0.3) is 20.7 Å². The van der Waals surface area contributed by atoms with Gasteiger partial charge in [0.05, 0.1) is 0 Å². The average Bonchev–Trinajstić information content (AvgIpc) is 3.07. The number of fused-ring (bicyclic) bond motifs is 1. The molecule has 4 rings (SSSR count). The van der Waals surface area contributed by atoms with E-state index in [-0.39, 0.29) is 0 Å². The van der Waals surface area contributed by atoms with Crippen molar-refractivity contribution in [1.29, 1.82) is 0 Å². The van der Waals surface area contributed by atoms with Gasteiger partial charge in [-0.15, -0.1) is 23.1 Å². The lowest BCUT2D eigenvalue weighted by Gasteiger charge is -2.05. The molecule has 0 atom stereocenters. The van der Waals surface area contributed by atoms with E-state index in [9.17, 15) is 0 Å². The molecule has 0 fully saturated rings. The smallest absolute Gasteiger partial charge is 0.128 e. The summed E-state index contributed by atoms with van der Waals surface area (Å²) in [5.74, 6) is 0.735. The van der Waals surface area contributed by atoms with Crippen molar-refractivity contribution in [3.05, 3.63) is 76.5 Å². The lowest BCUT2D eigenvalue weighted by molar-refractivity contribution is 1.11. The van der Waals surface area contributed by atoms with E-state index in [4.69, 9.17) is 23.2 Å². The molecule has 4 aromatic rings. The molecule has 0 unspecified atom stereocenters. The van der Waals surface area contributed by atoms with Crippen LogP contribution in [-0.2, 0) is 5.75 Å². The van der Waals surface area contributed by atoms with Crippen molar-refractivity contribution in [3.63, 3.8) is 0 Å². The van der Waals surface area contributed by atoms with Crippen molar-refractivity contribution in [3.8, 4) is 10.4 Å². The zero-order valence-electron chi connectivity index (χ0n) is 12.9. The van der Waals surface area contributed by atoms with Crippen molar-refractivity contribution in [1.82, 2.24) is 9.97 Å². The summed E-state index contributed by atoms with van der Waals surface area (Å²) >= 11 is 15.6. The summed E-state index contributed by atoms with van der Waals surface area (Å²) in [4.78, 5) is 11.1. The van der Waals surface area contributed by atoms with Crippen LogP contribution < -0.4 is 0 Å². The Hall–Kier alpha value is -1.59. The van der Waals surface area contributed by atoms with E-state index in [0.717, 1.165) is 26.6 Å². The molecule has 0 saturated heterocycles. The van der Waals surface area contributed by atoms with E-state index < -0.39 is 0 Å². The molecule has 0 spiro atoms. The van der Waals surface area contributed by atoms with Crippen LogP contribution in [0.4, 0.5) is 0 Å². The molecule has 0 N–H and O–H groups in total. The molecule has 0 bridgehead atoms. The van der Waals surface area contributed by atoms with Gasteiger partial charge in [0.25, 0.3) is 0 Å². The van der Waals surface area contributed by atoms with Crippen LogP contribution in [0.3, 0.4) is 0 Å². The molecule has 2 nitrogen and oxygen atoms in total. The molecule has 25 heavy (non-hydrogen) atoms. The molecule has 0 aliphatic heterocycles. The van der Waals surface area contributed by atoms with E-state index in [1.807, 2.05) is 30.3 Å². The summed E-state index contributed by atoms with van der Waals surface area (Å²) in [7, 11) is 0. The number of thiophene rings is 1. The first-order chi connectivity index (χ1) is 12.2. The Labute approximate surface area is 163 Å². The van der Waals surface area contributed by atoms with E-state index in [2.05, 4.69) is 28.2 Å². The fourth-order valence-corrected chi connectivity index (χ4v) is 5.08. The van der Waals surface area contributed by atoms with E-state index in [0.29, 0.717) is 10.0 Å². The summed E-state index contributed by atoms with van der Waals surface area (Å²) < 4.78 is 0. The summed E-state index contributed by atoms with van der Waals surface area (Å²) in [5, 5.41) is 3.38. The first kappa shape index (κ1) is 16.9. The number of thioether (sulfide) groups is 1. The predicted molar refractivity (Wildman–Crippen MR) is 109 cm³/mol. The van der Waals surface area contributed by atoms with E-state index >= 15 is 0 Å². The van der Waals surface area contributed by atoms with Crippen LogP contribution in [0.1, 0.15) is 5.56 Å². The second kappa shape index (κ2) is 7.34. The highest BCUT2D eigenvalue weighted by molar-refractivity contribution is 7.98. The van der Waals surface area contributed by atoms with Gasteiger partial charge in [0, 0.05) is 26.1 Å². The second-order valence-electron chi connectivity index (χ2n) is 5.40. The van der Waals surface area contributed by atoms with Gasteiger partial charge < -0.3 is 0 Å². The minimum Gasteiger partial charge on any atom is -0.229 e. The Morgan fingerprint density at radius 3 is 2.60 bits per heavy atom. The Morgan fingerprint density at radius 2 is 1.80 bits per heavy atom. The molecular weight excluding hydrogens is 391 g/mol. The molecule has 6 heteroatoms. The highest BCUT2D eigenvalue weighted by Crippen LogP contribution is 2.37. The van der Waals surface area contributed by atoms with Gasteiger partial charge in [-0.05, 0) is 29.3 Å². The average molecular weight is 403 g/mol. The van der Waals surface area contributed by atoms with Crippen LogP contribution >= 0.6 is 46.3 Å². The lowest BCUT2D eigenvalue weighted by Crippen LogP contribution is -1.86. The van der Waals surface area contributed by atoms with Crippen LogP contribution in [0, 0.1) is 0 Å². The topological polar surface area (TPSA) is 25.8 Å². The molecule has 2 aromatic heterocycles. The first-order valence-electron chi connectivity index (χ1n) is 7.57. The molecule has 124 valence electrons. The largest absolute Gasteiger partial charge is 0.229 e. The third kappa shape index (κ3) is 3.67. The third-order valence-corrected chi connectivity index (χ3v) is 6.46. The van der Waals surface area contributed by atoms with E-state index in [1.54, 1.807) is 35.5 Å². The second-order valence-corrected chi connectivity index (χ2v) is 8.24. The number of halogens is 2. The molecule has 2 heterocycles. The van der Waals surface area contributed by atoms with Gasteiger partial charge >= 0.3 is 0 Å². The summed E-state index contributed by atoms with van der Waals surface area (Å²) in [5.41, 5.74) is 2.24. The minimum absolute atomic E-state index is 0.647. The van der Waals surface area contributed by atoms with E-state index in [1.165, 1.54) is 10.4 Å². The fourth-order valence-electron chi connectivity index (χ4n) is 2.48. The highest BCUT2D eigenvalue weighted by Gasteiger charge is 2.11. The lowest BCUT2D eigenvalue weighted by atomic mass is 10.2. The zero-order chi connectivity index (χ0) is 17.2. The number of rotatable bonds is 4. The van der Waals surface area contributed by atoms with Crippen molar-refractivity contribution >= 4 is 56.5 Å². The highest BCUT2D eigenvalue weighted by atomic mass is 35.5. The summed E-state index contributed by atoms with van der Waals surface area (Å²) in [6, 6.07) is 18.1. The van der Waals surface area contributed by atoms with Gasteiger partial charge in [-0.3, -0.25) is 0 Å². The number of aromatic nitrogens is 2. The van der Waals surface area contributed by atoms with Gasteiger partial charge in [-0.2, -0.15) is 0 Å². The van der Waals surface area contributed by atoms with Gasteiger partial charge in [0.15, 0.2) is 0 Å². The summed E-state index contributed by atoms with van der Waals surface area (Å²) in [6.07, 6.45) is 1.62. The molecule has 0 radical (unpaired) electrons. The Balaban J connectivity index is 1.64. The molecule has 0 aliphatic carbocycles. The number of hydrogen-bond donors (Lipinski definition) is 0. The van der Waals surface area contributed by atoms with Crippen LogP contribution in [0.15, 0.2) is 66.0 Å². The summed E-state index contributed by atoms with van der Waals surface area (Å²) in [6.45, 7) is 0. The SMILES string of the molecule is Clc1ccc(CSc2ncnc3sc(-c4ccccc4)cc23)c(Cl)c1. The first-order valence-corrected chi connectivity index (χ1v) is 10.1. The van der Waals surface area contributed by atoms with Crippen molar-refractivity contribution in [2.75, 3.05) is 0 Å². The van der Waals surface area contributed by atoms with Crippen molar-refractivity contribution in [2.24, 2.45) is 0 Å². The van der Waals surface area contributed by atoms with Crippen molar-refractivity contribution in [2.45, 2.75) is 10.8 Å². The normalized spacial score (nSPS) is 11.1. The molecule has 0 saturated carbocycles. The Kier molecular flexibility index (Phi) is 4.95. The Morgan fingerprint density at radius 1 is 0.960 bits per heavy atom. The van der Waals surface area contributed by atoms with Gasteiger partial charge in [-0.1, -0.05) is 59.6 Å². The maximum Gasteiger partial charge on any atom is 0.128 e. The van der Waals surface area contributed by atoms with Gasteiger partial charge in [0.1, 0.15) is 16.2 Å². The predicted octanol–water partition coefficient (Wildman–Crippen LogP) is 6.96. The van der Waals surface area contributed by atoms with Gasteiger partial charge in [-0.25, -0.2) is 9.97 Å². The zero-order valence-corrected chi connectivity index (χ0v) is 16.1. The fraction of sp³-hybridized carbons (Fsp3) is 0.0526. The maximum absolute atomic E-state index is 6.27. The van der Waals surface area contributed by atoms with Crippen LogP contribution in [0.5, 0.6) is 0 Å². The van der Waals surface area contributed by atoms with Crippen LogP contribution in [0.2, 0.25) is 10.0 Å². The molecule has 0 aliphatic rings. The minimum atomic E-state index is 0.647. The third-order valence-electron chi connectivity index (χ3n) is 3.73. The standard InChI is InChI=1S/C19H12Cl2N2S2/c20-14-7-6-13(16(21)8-14)10-24-18-15-9-17(12-4-2-1-3-5-12)25-19(15)23-11-22-18/h1-9,11H,10H2. The van der Waals surface area contributed by atoms with Crippen LogP contribution in [-0.4, -0.2) is 9.97 Å². The molecule has 2 aromatic carbocycles.